The average Bonchev–Trinajstić information content (AvgIpc) is 2.53. The molecule has 0 heterocycles. The highest BCUT2D eigenvalue weighted by atomic mass is 79.9. The van der Waals surface area contributed by atoms with Crippen LogP contribution in [0.2, 0.25) is 0 Å². The molecule has 0 radical (unpaired) electrons. The van der Waals surface area contributed by atoms with Crippen molar-refractivity contribution in [1.29, 1.82) is 0 Å². The smallest absolute Gasteiger partial charge is 0.258 e. The fourth-order valence-corrected chi connectivity index (χ4v) is 2.68. The Hall–Kier alpha value is -2.34. The van der Waals surface area contributed by atoms with Crippen molar-refractivity contribution < 1.29 is 14.3 Å². The highest BCUT2D eigenvalue weighted by molar-refractivity contribution is 9.10. The van der Waals surface area contributed by atoms with Crippen LogP contribution in [0.15, 0.2) is 53.0 Å². The molecule has 120 valence electrons. The maximum absolute atomic E-state index is 12.0. The van der Waals surface area contributed by atoms with Gasteiger partial charge < -0.3 is 15.8 Å². The molecule has 0 saturated heterocycles. The molecule has 0 spiro atoms. The van der Waals surface area contributed by atoms with Gasteiger partial charge in [0.15, 0.2) is 6.61 Å². The van der Waals surface area contributed by atoms with E-state index in [4.69, 9.17) is 10.5 Å². The minimum absolute atomic E-state index is 0.106. The van der Waals surface area contributed by atoms with Gasteiger partial charge in [-0.05, 0) is 42.8 Å². The third-order valence-electron chi connectivity index (χ3n) is 3.26. The lowest BCUT2D eigenvalue weighted by Crippen LogP contribution is -2.31. The Balaban J connectivity index is 1.87. The molecule has 0 aliphatic heterocycles. The van der Waals surface area contributed by atoms with E-state index >= 15 is 0 Å². The van der Waals surface area contributed by atoms with Crippen molar-refractivity contribution >= 4 is 27.7 Å². The first-order chi connectivity index (χ1) is 11.0. The number of carbonyl (C=O) groups is 2. The predicted octanol–water partition coefficient (Wildman–Crippen LogP) is 2.80. The van der Waals surface area contributed by atoms with Gasteiger partial charge in [-0.15, -0.1) is 0 Å². The summed E-state index contributed by atoms with van der Waals surface area (Å²) in [6, 6.07) is 13.9. The highest BCUT2D eigenvalue weighted by Crippen LogP contribution is 2.22. The molecule has 23 heavy (non-hydrogen) atoms. The lowest BCUT2D eigenvalue weighted by atomic mass is 10.1. The zero-order chi connectivity index (χ0) is 16.8. The molecule has 0 aromatic heterocycles. The second kappa shape index (κ2) is 7.78. The first-order valence-corrected chi connectivity index (χ1v) is 7.83. The van der Waals surface area contributed by atoms with E-state index in [1.54, 1.807) is 24.3 Å². The summed E-state index contributed by atoms with van der Waals surface area (Å²) in [5, 5.41) is 2.87. The summed E-state index contributed by atoms with van der Waals surface area (Å²) in [5.74, 6) is -0.234. The molecule has 0 aliphatic rings. The van der Waals surface area contributed by atoms with Gasteiger partial charge in [0.1, 0.15) is 5.75 Å². The molecule has 2 aromatic rings. The maximum Gasteiger partial charge on any atom is 0.258 e. The van der Waals surface area contributed by atoms with Gasteiger partial charge in [0.2, 0.25) is 5.91 Å². The van der Waals surface area contributed by atoms with Crippen LogP contribution in [0.3, 0.4) is 0 Å². The van der Waals surface area contributed by atoms with E-state index in [-0.39, 0.29) is 18.6 Å². The molecule has 0 unspecified atom stereocenters. The van der Waals surface area contributed by atoms with Gasteiger partial charge in [-0.3, -0.25) is 9.59 Å². The summed E-state index contributed by atoms with van der Waals surface area (Å²) in [6.45, 7) is 1.80. The normalized spacial score (nSPS) is 11.6. The lowest BCUT2D eigenvalue weighted by Gasteiger charge is -2.16. The number of benzene rings is 2. The molecule has 6 heteroatoms. The van der Waals surface area contributed by atoms with Gasteiger partial charge in [0.05, 0.1) is 6.04 Å². The van der Waals surface area contributed by atoms with Gasteiger partial charge in [-0.25, -0.2) is 0 Å². The van der Waals surface area contributed by atoms with Crippen LogP contribution in [0.25, 0.3) is 0 Å². The molecular formula is C17H17BrN2O3. The van der Waals surface area contributed by atoms with E-state index in [2.05, 4.69) is 21.2 Å². The summed E-state index contributed by atoms with van der Waals surface area (Å²) in [5.41, 5.74) is 6.55. The molecule has 0 fully saturated rings. The minimum Gasteiger partial charge on any atom is -0.484 e. The first kappa shape index (κ1) is 17.0. The molecule has 2 rings (SSSR count). The quantitative estimate of drug-likeness (QED) is 0.812. The minimum atomic E-state index is -0.503. The van der Waals surface area contributed by atoms with Gasteiger partial charge in [0.25, 0.3) is 5.91 Å². The van der Waals surface area contributed by atoms with Crippen LogP contribution in [0, 0.1) is 0 Å². The number of carbonyl (C=O) groups excluding carboxylic acids is 2. The van der Waals surface area contributed by atoms with Crippen LogP contribution in [-0.2, 0) is 4.79 Å². The number of hydrogen-bond donors (Lipinski definition) is 2. The summed E-state index contributed by atoms with van der Waals surface area (Å²) >= 11 is 3.46. The van der Waals surface area contributed by atoms with E-state index in [1.165, 1.54) is 0 Å². The Morgan fingerprint density at radius 1 is 1.17 bits per heavy atom. The number of amides is 2. The third kappa shape index (κ3) is 4.82. The highest BCUT2D eigenvalue weighted by Gasteiger charge is 2.12. The Bertz CT molecular complexity index is 701. The Kier molecular flexibility index (Phi) is 5.76. The summed E-state index contributed by atoms with van der Waals surface area (Å²) in [4.78, 5) is 22.9. The van der Waals surface area contributed by atoms with E-state index < -0.39 is 5.91 Å². The van der Waals surface area contributed by atoms with E-state index in [1.807, 2.05) is 31.2 Å². The van der Waals surface area contributed by atoms with Crippen molar-refractivity contribution in [2.75, 3.05) is 6.61 Å². The summed E-state index contributed by atoms with van der Waals surface area (Å²) in [6.07, 6.45) is 0. The van der Waals surface area contributed by atoms with E-state index in [0.29, 0.717) is 11.3 Å². The second-order valence-corrected chi connectivity index (χ2v) is 5.84. The number of hydrogen-bond acceptors (Lipinski definition) is 3. The molecule has 0 aliphatic carbocycles. The van der Waals surface area contributed by atoms with Crippen molar-refractivity contribution in [3.05, 3.63) is 64.1 Å². The van der Waals surface area contributed by atoms with E-state index in [0.717, 1.165) is 10.0 Å². The van der Waals surface area contributed by atoms with Crippen molar-refractivity contribution in [2.24, 2.45) is 5.73 Å². The molecule has 1 atom stereocenters. The molecule has 3 N–H and O–H groups in total. The van der Waals surface area contributed by atoms with Crippen LogP contribution in [0.4, 0.5) is 0 Å². The summed E-state index contributed by atoms with van der Waals surface area (Å²) < 4.78 is 6.33. The monoisotopic (exact) mass is 376 g/mol. The molecule has 2 aromatic carbocycles. The lowest BCUT2D eigenvalue weighted by molar-refractivity contribution is -0.123. The topological polar surface area (TPSA) is 81.4 Å². The van der Waals surface area contributed by atoms with Gasteiger partial charge >= 0.3 is 0 Å². The van der Waals surface area contributed by atoms with Crippen LogP contribution >= 0.6 is 15.9 Å². The van der Waals surface area contributed by atoms with Crippen LogP contribution in [0.5, 0.6) is 5.75 Å². The van der Waals surface area contributed by atoms with Crippen molar-refractivity contribution in [2.45, 2.75) is 13.0 Å². The molecule has 5 nitrogen and oxygen atoms in total. The van der Waals surface area contributed by atoms with Crippen molar-refractivity contribution in [3.63, 3.8) is 0 Å². The molecule has 0 saturated carbocycles. The first-order valence-electron chi connectivity index (χ1n) is 7.04. The number of nitrogens with two attached hydrogens (primary N) is 1. The number of nitrogens with one attached hydrogen (secondary N) is 1. The Labute approximate surface area is 143 Å². The van der Waals surface area contributed by atoms with Crippen LogP contribution in [0.1, 0.15) is 28.9 Å². The third-order valence-corrected chi connectivity index (χ3v) is 3.98. The molecule has 2 amide bonds. The Morgan fingerprint density at radius 3 is 2.43 bits per heavy atom. The van der Waals surface area contributed by atoms with E-state index in [9.17, 15) is 9.59 Å². The fraction of sp³-hybridized carbons (Fsp3) is 0.176. The SMILES string of the molecule is C[C@H](NC(=O)COc1ccc(C(N)=O)cc1)c1ccccc1Br. The second-order valence-electron chi connectivity index (χ2n) is 4.99. The number of ether oxygens (including phenoxy) is 1. The average molecular weight is 377 g/mol. The van der Waals surface area contributed by atoms with Crippen molar-refractivity contribution in [1.82, 2.24) is 5.32 Å². The van der Waals surface area contributed by atoms with Gasteiger partial charge in [-0.1, -0.05) is 34.1 Å². The number of rotatable bonds is 6. The Morgan fingerprint density at radius 2 is 1.83 bits per heavy atom. The van der Waals surface area contributed by atoms with Gasteiger partial charge in [0, 0.05) is 10.0 Å². The van der Waals surface area contributed by atoms with Crippen molar-refractivity contribution in [3.8, 4) is 5.75 Å². The van der Waals surface area contributed by atoms with Gasteiger partial charge in [-0.2, -0.15) is 0 Å². The number of primary amides is 1. The zero-order valence-corrected chi connectivity index (χ0v) is 14.2. The zero-order valence-electron chi connectivity index (χ0n) is 12.6. The standard InChI is InChI=1S/C17H17BrN2O3/c1-11(14-4-2-3-5-15(14)18)20-16(21)10-23-13-8-6-12(7-9-13)17(19)22/h2-9,11H,10H2,1H3,(H2,19,22)(H,20,21)/t11-/m0/s1. The fourth-order valence-electron chi connectivity index (χ4n) is 2.05. The largest absolute Gasteiger partial charge is 0.484 e. The molecule has 0 bridgehead atoms. The van der Waals surface area contributed by atoms with Crippen LogP contribution < -0.4 is 15.8 Å². The maximum atomic E-state index is 12.0. The van der Waals surface area contributed by atoms with Crippen LogP contribution in [-0.4, -0.2) is 18.4 Å². The predicted molar refractivity (Wildman–Crippen MR) is 91.2 cm³/mol. The summed E-state index contributed by atoms with van der Waals surface area (Å²) in [7, 11) is 0. The molecular weight excluding hydrogens is 360 g/mol. The number of halogens is 1.